The highest BCUT2D eigenvalue weighted by atomic mass is 35.5. The lowest BCUT2D eigenvalue weighted by Crippen LogP contribution is -2.46. The van der Waals surface area contributed by atoms with Crippen molar-refractivity contribution < 1.29 is 9.18 Å². The highest BCUT2D eigenvalue weighted by molar-refractivity contribution is 6.31. The van der Waals surface area contributed by atoms with Crippen molar-refractivity contribution in [3.8, 4) is 5.69 Å². The average molecular weight is 480 g/mol. The minimum absolute atomic E-state index is 0.0938. The smallest absolute Gasteiger partial charge is 0.346 e. The first-order valence-corrected chi connectivity index (χ1v) is 10.6. The normalized spacial score (nSPS) is 10.8. The van der Waals surface area contributed by atoms with E-state index in [0.717, 1.165) is 14.8 Å². The van der Waals surface area contributed by atoms with Crippen LogP contribution in [0.5, 0.6) is 0 Å². The molecule has 0 atom stereocenters. The van der Waals surface area contributed by atoms with Crippen molar-refractivity contribution >= 4 is 17.5 Å². The summed E-state index contributed by atoms with van der Waals surface area (Å²) in [6.45, 7) is 1.50. The molecule has 2 aromatic heterocycles. The second-order valence-corrected chi connectivity index (χ2v) is 7.91. The predicted octanol–water partition coefficient (Wildman–Crippen LogP) is 2.87. The first kappa shape index (κ1) is 23.1. The number of hydrogen-bond acceptors (Lipinski definition) is 5. The van der Waals surface area contributed by atoms with Gasteiger partial charge in [-0.05, 0) is 42.3 Å². The number of aromatic nitrogens is 4. The highest BCUT2D eigenvalue weighted by Gasteiger charge is 2.21. The van der Waals surface area contributed by atoms with Crippen molar-refractivity contribution in [2.45, 2.75) is 20.0 Å². The molecule has 1 N–H and O–H groups in total. The Morgan fingerprint density at radius 1 is 1.12 bits per heavy atom. The standard InChI is InChI=1S/C24H19ClFN5O3/c1-15-8-9-18(11-19(15)25)31-24(34)30(14-17-6-2-3-7-20(17)26)23(33)21(29-31)22(32)28-13-16-5-4-10-27-12-16/h2-12H,13-14H2,1H3,(H,28,32). The Morgan fingerprint density at radius 3 is 2.62 bits per heavy atom. The van der Waals surface area contributed by atoms with Gasteiger partial charge in [-0.25, -0.2) is 9.18 Å². The molecule has 2 heterocycles. The fourth-order valence-electron chi connectivity index (χ4n) is 3.24. The first-order valence-electron chi connectivity index (χ1n) is 10.3. The molecule has 2 aromatic carbocycles. The summed E-state index contributed by atoms with van der Waals surface area (Å²) in [4.78, 5) is 43.2. The Balaban J connectivity index is 1.82. The second-order valence-electron chi connectivity index (χ2n) is 7.50. The molecular weight excluding hydrogens is 461 g/mol. The van der Waals surface area contributed by atoms with Crippen LogP contribution in [0.15, 0.2) is 76.6 Å². The van der Waals surface area contributed by atoms with E-state index in [-0.39, 0.29) is 24.3 Å². The monoisotopic (exact) mass is 479 g/mol. The van der Waals surface area contributed by atoms with Crippen LogP contribution in [0.4, 0.5) is 4.39 Å². The van der Waals surface area contributed by atoms with Crippen molar-refractivity contribution in [1.29, 1.82) is 0 Å². The van der Waals surface area contributed by atoms with Crippen LogP contribution in [0, 0.1) is 12.7 Å². The van der Waals surface area contributed by atoms with E-state index in [0.29, 0.717) is 10.6 Å². The van der Waals surface area contributed by atoms with Crippen LogP contribution in [0.25, 0.3) is 5.69 Å². The maximum atomic E-state index is 14.3. The molecule has 0 fully saturated rings. The van der Waals surface area contributed by atoms with Gasteiger partial charge in [0.1, 0.15) is 5.82 Å². The van der Waals surface area contributed by atoms with Crippen molar-refractivity contribution in [3.63, 3.8) is 0 Å². The number of carbonyl (C=O) groups excluding carboxylic acids is 1. The summed E-state index contributed by atoms with van der Waals surface area (Å²) < 4.78 is 16.0. The Bertz CT molecular complexity index is 1480. The molecule has 1 amide bonds. The zero-order valence-electron chi connectivity index (χ0n) is 18.0. The maximum Gasteiger partial charge on any atom is 0.352 e. The Kier molecular flexibility index (Phi) is 6.65. The molecule has 0 aliphatic carbocycles. The summed E-state index contributed by atoms with van der Waals surface area (Å²) in [5, 5.41) is 7.02. The van der Waals surface area contributed by atoms with Crippen LogP contribution in [-0.4, -0.2) is 25.2 Å². The van der Waals surface area contributed by atoms with Gasteiger partial charge in [0.2, 0.25) is 5.69 Å². The van der Waals surface area contributed by atoms with E-state index in [1.807, 2.05) is 0 Å². The largest absolute Gasteiger partial charge is 0.352 e. The van der Waals surface area contributed by atoms with Gasteiger partial charge < -0.3 is 5.32 Å². The molecule has 0 radical (unpaired) electrons. The Morgan fingerprint density at radius 2 is 1.91 bits per heavy atom. The van der Waals surface area contributed by atoms with E-state index in [4.69, 9.17) is 11.6 Å². The van der Waals surface area contributed by atoms with Crippen molar-refractivity contribution in [3.05, 3.63) is 121 Å². The maximum absolute atomic E-state index is 14.3. The predicted molar refractivity (Wildman–Crippen MR) is 125 cm³/mol. The van der Waals surface area contributed by atoms with Crippen LogP contribution < -0.4 is 16.6 Å². The molecule has 8 nitrogen and oxygen atoms in total. The van der Waals surface area contributed by atoms with Crippen molar-refractivity contribution in [2.75, 3.05) is 0 Å². The van der Waals surface area contributed by atoms with E-state index >= 15 is 0 Å². The summed E-state index contributed by atoms with van der Waals surface area (Å²) in [6, 6.07) is 14.0. The van der Waals surface area contributed by atoms with E-state index in [1.54, 1.807) is 49.6 Å². The minimum Gasteiger partial charge on any atom is -0.346 e. The van der Waals surface area contributed by atoms with Gasteiger partial charge in [-0.1, -0.05) is 41.9 Å². The van der Waals surface area contributed by atoms with Crippen molar-refractivity contribution in [1.82, 2.24) is 24.6 Å². The van der Waals surface area contributed by atoms with Crippen LogP contribution in [0.3, 0.4) is 0 Å². The number of pyridine rings is 1. The average Bonchev–Trinajstić information content (AvgIpc) is 2.84. The molecule has 4 aromatic rings. The van der Waals surface area contributed by atoms with Gasteiger partial charge in [-0.2, -0.15) is 9.78 Å². The van der Waals surface area contributed by atoms with Gasteiger partial charge in [0.25, 0.3) is 11.5 Å². The molecule has 0 bridgehead atoms. The lowest BCUT2D eigenvalue weighted by molar-refractivity contribution is 0.0941. The molecular formula is C24H19ClFN5O3. The quantitative estimate of drug-likeness (QED) is 0.458. The number of benzene rings is 2. The van der Waals surface area contributed by atoms with E-state index in [2.05, 4.69) is 15.4 Å². The molecule has 10 heteroatoms. The summed E-state index contributed by atoms with van der Waals surface area (Å²) >= 11 is 6.21. The van der Waals surface area contributed by atoms with Crippen LogP contribution in [0.1, 0.15) is 27.2 Å². The number of nitrogens with one attached hydrogen (secondary N) is 1. The highest BCUT2D eigenvalue weighted by Crippen LogP contribution is 2.18. The number of halogens is 2. The van der Waals surface area contributed by atoms with Gasteiger partial charge in [-0.3, -0.25) is 19.1 Å². The van der Waals surface area contributed by atoms with Gasteiger partial charge in [0.15, 0.2) is 0 Å². The molecule has 0 aliphatic rings. The number of amides is 1. The van der Waals surface area contributed by atoms with Gasteiger partial charge >= 0.3 is 5.69 Å². The fraction of sp³-hybridized carbons (Fsp3) is 0.125. The molecule has 0 saturated carbocycles. The number of nitrogens with zero attached hydrogens (tertiary/aromatic N) is 4. The molecule has 34 heavy (non-hydrogen) atoms. The van der Waals surface area contributed by atoms with Crippen LogP contribution in [-0.2, 0) is 13.1 Å². The lowest BCUT2D eigenvalue weighted by atomic mass is 10.2. The molecule has 172 valence electrons. The Labute approximate surface area is 198 Å². The second kappa shape index (κ2) is 9.80. The van der Waals surface area contributed by atoms with E-state index in [9.17, 15) is 18.8 Å². The third kappa shape index (κ3) is 4.79. The number of aryl methyl sites for hydroxylation is 1. The SMILES string of the molecule is Cc1ccc(-n2nc(C(=O)NCc3cccnc3)c(=O)n(Cc3ccccc3F)c2=O)cc1Cl. The minimum atomic E-state index is -0.939. The summed E-state index contributed by atoms with van der Waals surface area (Å²) in [5.41, 5.74) is -0.444. The summed E-state index contributed by atoms with van der Waals surface area (Å²) in [7, 11) is 0. The van der Waals surface area contributed by atoms with Gasteiger partial charge in [-0.15, -0.1) is 0 Å². The number of carbonyl (C=O) groups is 1. The number of rotatable bonds is 6. The van der Waals surface area contributed by atoms with Crippen LogP contribution >= 0.6 is 11.6 Å². The van der Waals surface area contributed by atoms with E-state index in [1.165, 1.54) is 24.3 Å². The fourth-order valence-corrected chi connectivity index (χ4v) is 3.42. The lowest BCUT2D eigenvalue weighted by Gasteiger charge is -2.13. The van der Waals surface area contributed by atoms with Crippen molar-refractivity contribution in [2.24, 2.45) is 0 Å². The summed E-state index contributed by atoms with van der Waals surface area (Å²) in [5.74, 6) is -1.37. The third-order valence-corrected chi connectivity index (χ3v) is 5.54. The molecule has 4 rings (SSSR count). The van der Waals surface area contributed by atoms with E-state index < -0.39 is 28.7 Å². The molecule has 0 spiro atoms. The first-order chi connectivity index (χ1) is 16.3. The molecule has 0 saturated heterocycles. The zero-order chi connectivity index (χ0) is 24.2. The van der Waals surface area contributed by atoms with Gasteiger partial charge in [0.05, 0.1) is 12.2 Å². The van der Waals surface area contributed by atoms with Gasteiger partial charge in [0, 0.05) is 29.5 Å². The topological polar surface area (TPSA) is 98.9 Å². The molecule has 0 aliphatic heterocycles. The Hall–Kier alpha value is -4.11. The number of hydrogen-bond donors (Lipinski definition) is 1. The van der Waals surface area contributed by atoms with Crippen LogP contribution in [0.2, 0.25) is 5.02 Å². The molecule has 0 unspecified atom stereocenters. The summed E-state index contributed by atoms with van der Waals surface area (Å²) in [6.07, 6.45) is 3.16. The zero-order valence-corrected chi connectivity index (χ0v) is 18.8. The third-order valence-electron chi connectivity index (χ3n) is 5.14.